The minimum atomic E-state index is 0.598. The maximum atomic E-state index is 4.36. The first-order valence-electron chi connectivity index (χ1n) is 6.61. The molecule has 0 amide bonds. The molecule has 1 fully saturated rings. The average molecular weight is 241 g/mol. The monoisotopic (exact) mass is 241 g/mol. The Balaban J connectivity index is 1.78. The second-order valence-electron chi connectivity index (χ2n) is 5.12. The van der Waals surface area contributed by atoms with Crippen LogP contribution in [0.1, 0.15) is 12.5 Å². The molecule has 0 radical (unpaired) electrons. The summed E-state index contributed by atoms with van der Waals surface area (Å²) in [5.74, 6) is 0. The van der Waals surface area contributed by atoms with Crippen LogP contribution in [0.25, 0.3) is 10.9 Å². The van der Waals surface area contributed by atoms with Gasteiger partial charge in [-0.1, -0.05) is 12.1 Å². The van der Waals surface area contributed by atoms with E-state index < -0.39 is 0 Å². The van der Waals surface area contributed by atoms with Crippen molar-refractivity contribution < 1.29 is 0 Å². The largest absolute Gasteiger partial charge is 0.312 e. The Labute approximate surface area is 108 Å². The molecule has 1 aromatic heterocycles. The standard InChI is InChI=1S/C15H19N3/c1-12-10-18(8-7-16-12)11-13-4-5-15-14(9-13)3-2-6-17-15/h2-6,9,12,16H,7-8,10-11H2,1H3/t12-/m1/s1. The van der Waals surface area contributed by atoms with E-state index in [-0.39, 0.29) is 0 Å². The van der Waals surface area contributed by atoms with E-state index in [4.69, 9.17) is 0 Å². The van der Waals surface area contributed by atoms with E-state index in [0.717, 1.165) is 31.7 Å². The van der Waals surface area contributed by atoms with Gasteiger partial charge in [0.1, 0.15) is 0 Å². The Morgan fingerprint density at radius 1 is 1.39 bits per heavy atom. The van der Waals surface area contributed by atoms with Gasteiger partial charge in [0.25, 0.3) is 0 Å². The van der Waals surface area contributed by atoms with Gasteiger partial charge >= 0.3 is 0 Å². The molecule has 3 nitrogen and oxygen atoms in total. The van der Waals surface area contributed by atoms with Crippen molar-refractivity contribution in [3.63, 3.8) is 0 Å². The predicted octanol–water partition coefficient (Wildman–Crippen LogP) is 2.03. The first-order chi connectivity index (χ1) is 8.81. The number of benzene rings is 1. The highest BCUT2D eigenvalue weighted by Gasteiger charge is 2.15. The number of hydrogen-bond donors (Lipinski definition) is 1. The third-order valence-corrected chi connectivity index (χ3v) is 3.53. The minimum absolute atomic E-state index is 0.598. The summed E-state index contributed by atoms with van der Waals surface area (Å²) < 4.78 is 0. The number of aromatic nitrogens is 1. The molecule has 1 saturated heterocycles. The van der Waals surface area contributed by atoms with Crippen LogP contribution >= 0.6 is 0 Å². The number of fused-ring (bicyclic) bond motifs is 1. The molecule has 18 heavy (non-hydrogen) atoms. The van der Waals surface area contributed by atoms with Gasteiger partial charge in [0.2, 0.25) is 0 Å². The summed E-state index contributed by atoms with van der Waals surface area (Å²) >= 11 is 0. The van der Waals surface area contributed by atoms with Crippen LogP contribution in [-0.4, -0.2) is 35.6 Å². The van der Waals surface area contributed by atoms with Crippen molar-refractivity contribution in [2.45, 2.75) is 19.5 Å². The molecule has 1 aliphatic heterocycles. The lowest BCUT2D eigenvalue weighted by Crippen LogP contribution is -2.48. The Hall–Kier alpha value is -1.45. The highest BCUT2D eigenvalue weighted by atomic mass is 15.2. The quantitative estimate of drug-likeness (QED) is 0.872. The summed E-state index contributed by atoms with van der Waals surface area (Å²) in [6.07, 6.45) is 1.85. The Morgan fingerprint density at radius 2 is 2.33 bits per heavy atom. The molecular weight excluding hydrogens is 222 g/mol. The predicted molar refractivity (Wildman–Crippen MR) is 74.5 cm³/mol. The van der Waals surface area contributed by atoms with Gasteiger partial charge in [-0.2, -0.15) is 0 Å². The Bertz CT molecular complexity index is 538. The van der Waals surface area contributed by atoms with E-state index in [1.807, 2.05) is 12.3 Å². The van der Waals surface area contributed by atoms with Crippen LogP contribution in [0, 0.1) is 0 Å². The van der Waals surface area contributed by atoms with Gasteiger partial charge in [0, 0.05) is 43.8 Å². The van der Waals surface area contributed by atoms with Gasteiger partial charge < -0.3 is 5.32 Å². The maximum absolute atomic E-state index is 4.36. The summed E-state index contributed by atoms with van der Waals surface area (Å²) in [6, 6.07) is 11.3. The second-order valence-corrected chi connectivity index (χ2v) is 5.12. The molecule has 94 valence electrons. The Morgan fingerprint density at radius 3 is 3.22 bits per heavy atom. The first kappa shape index (κ1) is 11.6. The maximum Gasteiger partial charge on any atom is 0.0702 e. The molecule has 2 aromatic rings. The molecule has 1 atom stereocenters. The zero-order valence-corrected chi connectivity index (χ0v) is 10.8. The summed E-state index contributed by atoms with van der Waals surface area (Å²) in [5.41, 5.74) is 2.46. The lowest BCUT2D eigenvalue weighted by atomic mass is 10.1. The molecule has 2 heterocycles. The topological polar surface area (TPSA) is 28.2 Å². The lowest BCUT2D eigenvalue weighted by molar-refractivity contribution is 0.200. The zero-order valence-electron chi connectivity index (χ0n) is 10.8. The van der Waals surface area contributed by atoms with E-state index in [1.165, 1.54) is 10.9 Å². The smallest absolute Gasteiger partial charge is 0.0702 e. The molecule has 1 N–H and O–H groups in total. The van der Waals surface area contributed by atoms with Gasteiger partial charge in [0.15, 0.2) is 0 Å². The van der Waals surface area contributed by atoms with Crippen molar-refractivity contribution >= 4 is 10.9 Å². The number of nitrogens with one attached hydrogen (secondary N) is 1. The molecule has 0 unspecified atom stereocenters. The van der Waals surface area contributed by atoms with E-state index in [9.17, 15) is 0 Å². The van der Waals surface area contributed by atoms with Crippen molar-refractivity contribution in [3.05, 3.63) is 42.1 Å². The average Bonchev–Trinajstić information content (AvgIpc) is 2.39. The van der Waals surface area contributed by atoms with E-state index in [0.29, 0.717) is 6.04 Å². The molecule has 0 saturated carbocycles. The van der Waals surface area contributed by atoms with Gasteiger partial charge in [0.05, 0.1) is 5.52 Å². The van der Waals surface area contributed by atoms with Crippen molar-refractivity contribution in [2.24, 2.45) is 0 Å². The fourth-order valence-electron chi connectivity index (χ4n) is 2.64. The second kappa shape index (κ2) is 5.04. The normalized spacial score (nSPS) is 21.3. The van der Waals surface area contributed by atoms with Crippen molar-refractivity contribution in [3.8, 4) is 0 Å². The minimum Gasteiger partial charge on any atom is -0.312 e. The van der Waals surface area contributed by atoms with Gasteiger partial charge in [-0.3, -0.25) is 9.88 Å². The van der Waals surface area contributed by atoms with Crippen LogP contribution in [0.3, 0.4) is 0 Å². The van der Waals surface area contributed by atoms with Crippen LogP contribution < -0.4 is 5.32 Å². The third-order valence-electron chi connectivity index (χ3n) is 3.53. The van der Waals surface area contributed by atoms with E-state index in [2.05, 4.69) is 46.4 Å². The van der Waals surface area contributed by atoms with Crippen LogP contribution in [0.2, 0.25) is 0 Å². The van der Waals surface area contributed by atoms with Crippen molar-refractivity contribution in [2.75, 3.05) is 19.6 Å². The van der Waals surface area contributed by atoms with E-state index in [1.54, 1.807) is 0 Å². The lowest BCUT2D eigenvalue weighted by Gasteiger charge is -2.31. The molecule has 3 rings (SSSR count). The van der Waals surface area contributed by atoms with Crippen LogP contribution in [0.4, 0.5) is 0 Å². The summed E-state index contributed by atoms with van der Waals surface area (Å²) in [7, 11) is 0. The van der Waals surface area contributed by atoms with Crippen molar-refractivity contribution in [1.82, 2.24) is 15.2 Å². The van der Waals surface area contributed by atoms with Crippen LogP contribution in [-0.2, 0) is 6.54 Å². The van der Waals surface area contributed by atoms with Gasteiger partial charge in [-0.25, -0.2) is 0 Å². The summed E-state index contributed by atoms with van der Waals surface area (Å²) in [6.45, 7) is 6.64. The highest BCUT2D eigenvalue weighted by Crippen LogP contribution is 2.15. The number of pyridine rings is 1. The van der Waals surface area contributed by atoms with Gasteiger partial charge in [-0.15, -0.1) is 0 Å². The molecule has 0 aliphatic carbocycles. The van der Waals surface area contributed by atoms with Crippen LogP contribution in [0.15, 0.2) is 36.5 Å². The molecule has 1 aromatic carbocycles. The summed E-state index contributed by atoms with van der Waals surface area (Å²) in [5, 5.41) is 4.71. The van der Waals surface area contributed by atoms with E-state index >= 15 is 0 Å². The zero-order chi connectivity index (χ0) is 12.4. The number of rotatable bonds is 2. The summed E-state index contributed by atoms with van der Waals surface area (Å²) in [4.78, 5) is 6.87. The number of nitrogens with zero attached hydrogens (tertiary/aromatic N) is 2. The Kier molecular flexibility index (Phi) is 3.26. The van der Waals surface area contributed by atoms with Gasteiger partial charge in [-0.05, 0) is 30.7 Å². The molecule has 3 heteroatoms. The van der Waals surface area contributed by atoms with Crippen LogP contribution in [0.5, 0.6) is 0 Å². The number of hydrogen-bond acceptors (Lipinski definition) is 3. The third kappa shape index (κ3) is 2.52. The van der Waals surface area contributed by atoms with Crippen molar-refractivity contribution in [1.29, 1.82) is 0 Å². The fraction of sp³-hybridized carbons (Fsp3) is 0.400. The molecular formula is C15H19N3. The number of piperazine rings is 1. The first-order valence-corrected chi connectivity index (χ1v) is 6.61. The molecule has 0 bridgehead atoms. The SMILES string of the molecule is C[C@@H]1CN(Cc2ccc3ncccc3c2)CCN1. The molecule has 1 aliphatic rings. The highest BCUT2D eigenvalue weighted by molar-refractivity contribution is 5.78. The fourth-order valence-corrected chi connectivity index (χ4v) is 2.64. The molecule has 0 spiro atoms.